The van der Waals surface area contributed by atoms with Crippen molar-refractivity contribution >= 4 is 11.0 Å². The van der Waals surface area contributed by atoms with Gasteiger partial charge in [-0.2, -0.15) is 0 Å². The van der Waals surface area contributed by atoms with Crippen molar-refractivity contribution in [3.63, 3.8) is 0 Å². The van der Waals surface area contributed by atoms with Crippen molar-refractivity contribution in [2.24, 2.45) is 0 Å². The maximum Gasteiger partial charge on any atom is 0.174 e. The van der Waals surface area contributed by atoms with Crippen molar-refractivity contribution in [3.8, 4) is 5.75 Å². The van der Waals surface area contributed by atoms with E-state index in [0.717, 1.165) is 6.07 Å². The lowest BCUT2D eigenvalue weighted by Gasteiger charge is -2.12. The Morgan fingerprint density at radius 2 is 1.95 bits per heavy atom. The van der Waals surface area contributed by atoms with Crippen LogP contribution in [0.25, 0.3) is 11.0 Å². The van der Waals surface area contributed by atoms with Gasteiger partial charge in [-0.3, -0.25) is 0 Å². The van der Waals surface area contributed by atoms with Crippen LogP contribution < -0.4 is 4.74 Å². The molecule has 0 aliphatic rings. The molecule has 21 heavy (non-hydrogen) atoms. The molecule has 0 aliphatic heterocycles. The summed E-state index contributed by atoms with van der Waals surface area (Å²) in [6.45, 7) is 0. The van der Waals surface area contributed by atoms with Crippen molar-refractivity contribution in [2.45, 2.75) is 6.10 Å². The molecule has 108 valence electrons. The summed E-state index contributed by atoms with van der Waals surface area (Å²) in [7, 11) is 1.27. The minimum absolute atomic E-state index is 0.0715. The number of nitrogens with one attached hydrogen (secondary N) is 1. The quantitative estimate of drug-likeness (QED) is 0.779. The fraction of sp³-hybridized carbons (Fsp3) is 0.133. The minimum Gasteiger partial charge on any atom is -0.494 e. The Hall–Kier alpha value is -2.47. The first kappa shape index (κ1) is 13.5. The molecular weight excluding hydrogens is 278 g/mol. The molecule has 0 saturated heterocycles. The summed E-state index contributed by atoms with van der Waals surface area (Å²) in [5.41, 5.74) is 0.791. The van der Waals surface area contributed by atoms with Crippen LogP contribution >= 0.6 is 0 Å². The van der Waals surface area contributed by atoms with Crippen LogP contribution in [-0.4, -0.2) is 22.2 Å². The third-order valence-electron chi connectivity index (χ3n) is 3.25. The highest BCUT2D eigenvalue weighted by Gasteiger charge is 2.25. The number of nitrogens with zero attached hydrogens (tertiary/aromatic N) is 1. The van der Waals surface area contributed by atoms with E-state index < -0.39 is 23.3 Å². The van der Waals surface area contributed by atoms with Gasteiger partial charge in [0.1, 0.15) is 17.7 Å². The predicted molar refractivity (Wildman–Crippen MR) is 73.1 cm³/mol. The molecule has 1 atom stereocenters. The zero-order chi connectivity index (χ0) is 15.0. The van der Waals surface area contributed by atoms with E-state index >= 15 is 0 Å². The molecule has 1 aromatic heterocycles. The molecule has 1 heterocycles. The second kappa shape index (κ2) is 5.14. The van der Waals surface area contributed by atoms with Gasteiger partial charge >= 0.3 is 0 Å². The Morgan fingerprint density at radius 3 is 2.67 bits per heavy atom. The number of aliphatic hydroxyl groups is 1. The highest BCUT2D eigenvalue weighted by atomic mass is 19.1. The van der Waals surface area contributed by atoms with E-state index in [2.05, 4.69) is 9.97 Å². The standard InChI is InChI=1S/C15H12F2N2O2/c1-21-11-7-6-8(16)12(13(11)17)14(20)15-18-9-4-2-3-5-10(9)19-15/h2-7,14,20H,1H3,(H,18,19). The number of para-hydroxylation sites is 2. The van der Waals surface area contributed by atoms with Crippen molar-refractivity contribution in [3.05, 3.63) is 59.4 Å². The molecule has 3 rings (SSSR count). The SMILES string of the molecule is COc1ccc(F)c(C(O)c2nc3ccccc3[nH]2)c1F. The number of aromatic amines is 1. The summed E-state index contributed by atoms with van der Waals surface area (Å²) >= 11 is 0. The third-order valence-corrected chi connectivity index (χ3v) is 3.25. The lowest BCUT2D eigenvalue weighted by Crippen LogP contribution is -2.08. The smallest absolute Gasteiger partial charge is 0.174 e. The van der Waals surface area contributed by atoms with Gasteiger partial charge in [0.25, 0.3) is 0 Å². The zero-order valence-corrected chi connectivity index (χ0v) is 11.1. The van der Waals surface area contributed by atoms with Crippen LogP contribution in [0.4, 0.5) is 8.78 Å². The maximum absolute atomic E-state index is 14.2. The van der Waals surface area contributed by atoms with Crippen molar-refractivity contribution < 1.29 is 18.6 Å². The van der Waals surface area contributed by atoms with Crippen molar-refractivity contribution in [2.75, 3.05) is 7.11 Å². The molecule has 2 aromatic carbocycles. The molecule has 0 amide bonds. The molecule has 0 saturated carbocycles. The molecule has 0 bridgehead atoms. The molecule has 0 aliphatic carbocycles. The zero-order valence-electron chi connectivity index (χ0n) is 11.1. The summed E-state index contributed by atoms with van der Waals surface area (Å²) in [4.78, 5) is 7.00. The summed E-state index contributed by atoms with van der Waals surface area (Å²) < 4.78 is 32.8. The van der Waals surface area contributed by atoms with Gasteiger partial charge in [0.15, 0.2) is 11.6 Å². The molecule has 1 unspecified atom stereocenters. The van der Waals surface area contributed by atoms with E-state index in [0.29, 0.717) is 11.0 Å². The van der Waals surface area contributed by atoms with E-state index in [-0.39, 0.29) is 11.6 Å². The molecular formula is C15H12F2N2O2. The second-order valence-electron chi connectivity index (χ2n) is 4.52. The van der Waals surface area contributed by atoms with Crippen LogP contribution in [0, 0.1) is 11.6 Å². The summed E-state index contributed by atoms with van der Waals surface area (Å²) in [6, 6.07) is 9.29. The fourth-order valence-electron chi connectivity index (χ4n) is 2.20. The molecule has 3 aromatic rings. The van der Waals surface area contributed by atoms with Crippen LogP contribution in [0.3, 0.4) is 0 Å². The number of methoxy groups -OCH3 is 1. The Bertz CT molecular complexity index is 768. The lowest BCUT2D eigenvalue weighted by molar-refractivity contribution is 0.198. The average molecular weight is 290 g/mol. The first-order chi connectivity index (χ1) is 10.1. The number of ether oxygens (including phenoxy) is 1. The normalized spacial score (nSPS) is 12.6. The second-order valence-corrected chi connectivity index (χ2v) is 4.52. The Morgan fingerprint density at radius 1 is 1.19 bits per heavy atom. The average Bonchev–Trinajstić information content (AvgIpc) is 2.91. The number of hydrogen-bond acceptors (Lipinski definition) is 3. The number of imidazole rings is 1. The van der Waals surface area contributed by atoms with Crippen LogP contribution in [-0.2, 0) is 0 Å². The highest BCUT2D eigenvalue weighted by Crippen LogP contribution is 2.31. The molecule has 0 radical (unpaired) electrons. The Balaban J connectivity index is 2.11. The first-order valence-corrected chi connectivity index (χ1v) is 6.26. The fourth-order valence-corrected chi connectivity index (χ4v) is 2.20. The summed E-state index contributed by atoms with van der Waals surface area (Å²) in [5, 5.41) is 10.2. The van der Waals surface area contributed by atoms with Gasteiger partial charge in [-0.1, -0.05) is 12.1 Å². The predicted octanol–water partition coefficient (Wildman–Crippen LogP) is 2.93. The molecule has 2 N–H and O–H groups in total. The van der Waals surface area contributed by atoms with Crippen molar-refractivity contribution in [1.82, 2.24) is 9.97 Å². The van der Waals surface area contributed by atoms with Crippen molar-refractivity contribution in [1.29, 1.82) is 0 Å². The molecule has 0 spiro atoms. The Kier molecular flexibility index (Phi) is 3.31. The number of aromatic nitrogens is 2. The Labute approximate surface area is 119 Å². The van der Waals surface area contributed by atoms with Crippen LogP contribution in [0.15, 0.2) is 36.4 Å². The van der Waals surface area contributed by atoms with E-state index in [1.807, 2.05) is 0 Å². The van der Waals surface area contributed by atoms with E-state index in [4.69, 9.17) is 4.74 Å². The van der Waals surface area contributed by atoms with Gasteiger partial charge in [-0.15, -0.1) is 0 Å². The molecule has 4 nitrogen and oxygen atoms in total. The van der Waals surface area contributed by atoms with Gasteiger partial charge in [-0.25, -0.2) is 13.8 Å². The number of aliphatic hydroxyl groups excluding tert-OH is 1. The minimum atomic E-state index is -1.55. The first-order valence-electron chi connectivity index (χ1n) is 6.26. The van der Waals surface area contributed by atoms with Gasteiger partial charge in [0.2, 0.25) is 0 Å². The van der Waals surface area contributed by atoms with E-state index in [1.165, 1.54) is 13.2 Å². The van der Waals surface area contributed by atoms with Gasteiger partial charge in [-0.05, 0) is 24.3 Å². The largest absolute Gasteiger partial charge is 0.494 e. The van der Waals surface area contributed by atoms with Gasteiger partial charge < -0.3 is 14.8 Å². The number of benzene rings is 2. The van der Waals surface area contributed by atoms with Crippen LogP contribution in [0.1, 0.15) is 17.5 Å². The topological polar surface area (TPSA) is 58.1 Å². The van der Waals surface area contributed by atoms with Gasteiger partial charge in [0, 0.05) is 0 Å². The van der Waals surface area contributed by atoms with Crippen LogP contribution in [0.5, 0.6) is 5.75 Å². The number of fused-ring (bicyclic) bond motifs is 1. The number of rotatable bonds is 3. The maximum atomic E-state index is 14.2. The van der Waals surface area contributed by atoms with Crippen LogP contribution in [0.2, 0.25) is 0 Å². The highest BCUT2D eigenvalue weighted by molar-refractivity contribution is 5.74. The monoisotopic (exact) mass is 290 g/mol. The third kappa shape index (κ3) is 2.23. The number of halogens is 2. The molecule has 0 fully saturated rings. The lowest BCUT2D eigenvalue weighted by atomic mass is 10.1. The van der Waals surface area contributed by atoms with E-state index in [9.17, 15) is 13.9 Å². The summed E-state index contributed by atoms with van der Waals surface area (Å²) in [6.07, 6.45) is -1.55. The number of H-pyrrole nitrogens is 1. The number of hydrogen-bond donors (Lipinski definition) is 2. The summed E-state index contributed by atoms with van der Waals surface area (Å²) in [5.74, 6) is -1.87. The molecule has 6 heteroatoms. The van der Waals surface area contributed by atoms with Gasteiger partial charge in [0.05, 0.1) is 23.7 Å². The van der Waals surface area contributed by atoms with E-state index in [1.54, 1.807) is 24.3 Å².